The highest BCUT2D eigenvalue weighted by atomic mass is 32.1. The molecule has 6 atom stereocenters. The SMILES string of the molecule is CCCCC(NC(=O)[C@@H]1[C@@H]2[C@H](CN1C(=O)[C@@H](NC(=O)N[C@@H](CN1C(=O)CC(C)(C)CC1=O)C(C)(C)C)C(C)(C)C)C2(C)C)C(=O)C(=O)NCc1cccs1. The monoisotopic (exact) mass is 770 g/mol. The molecule has 1 aromatic heterocycles. The average molecular weight is 771 g/mol. The van der Waals surface area contributed by atoms with Gasteiger partial charge in [0.05, 0.1) is 18.6 Å². The van der Waals surface area contributed by atoms with Gasteiger partial charge in [0.1, 0.15) is 12.1 Å². The van der Waals surface area contributed by atoms with Gasteiger partial charge < -0.3 is 26.2 Å². The van der Waals surface area contributed by atoms with Crippen LogP contribution in [-0.4, -0.2) is 88.4 Å². The topological polar surface area (TPSA) is 174 Å². The van der Waals surface area contributed by atoms with Crippen molar-refractivity contribution in [2.45, 2.75) is 139 Å². The van der Waals surface area contributed by atoms with Crippen molar-refractivity contribution in [3.63, 3.8) is 0 Å². The lowest BCUT2D eigenvalue weighted by atomic mass is 9.80. The second kappa shape index (κ2) is 16.1. The maximum absolute atomic E-state index is 14.5. The highest BCUT2D eigenvalue weighted by Crippen LogP contribution is 2.65. The molecule has 14 heteroatoms. The first kappa shape index (κ1) is 42.9. The number of likely N-dealkylation sites (tertiary alicyclic amines) is 2. The number of Topliss-reactive ketones (excluding diaryl/α,β-unsaturated/α-hetero) is 1. The number of ketones is 1. The van der Waals surface area contributed by atoms with Crippen molar-refractivity contribution >= 4 is 52.7 Å². The Morgan fingerprint density at radius 1 is 0.926 bits per heavy atom. The van der Waals surface area contributed by atoms with Crippen LogP contribution in [0.15, 0.2) is 17.5 Å². The normalized spacial score (nSPS) is 23.5. The van der Waals surface area contributed by atoms with Crippen LogP contribution in [0, 0.1) is 33.5 Å². The lowest BCUT2D eigenvalue weighted by Gasteiger charge is -2.40. The van der Waals surface area contributed by atoms with Gasteiger partial charge in [-0.2, -0.15) is 0 Å². The van der Waals surface area contributed by atoms with E-state index >= 15 is 0 Å². The lowest BCUT2D eigenvalue weighted by Crippen LogP contribution is -2.63. The molecule has 0 bridgehead atoms. The summed E-state index contributed by atoms with van der Waals surface area (Å²) in [6, 6.07) is -0.545. The van der Waals surface area contributed by atoms with Crippen LogP contribution in [0.25, 0.3) is 0 Å². The second-order valence-corrected chi connectivity index (χ2v) is 20.0. The van der Waals surface area contributed by atoms with Crippen LogP contribution in [0.5, 0.6) is 0 Å². The van der Waals surface area contributed by atoms with Gasteiger partial charge in [-0.15, -0.1) is 11.3 Å². The summed E-state index contributed by atoms with van der Waals surface area (Å²) in [6.45, 7) is 21.5. The Hall–Kier alpha value is -3.81. The molecular formula is C40H62N6O7S. The molecule has 2 aliphatic heterocycles. The van der Waals surface area contributed by atoms with Crippen molar-refractivity contribution in [1.82, 2.24) is 31.1 Å². The van der Waals surface area contributed by atoms with Crippen LogP contribution in [0.4, 0.5) is 4.79 Å². The van der Waals surface area contributed by atoms with Gasteiger partial charge in [-0.3, -0.25) is 33.7 Å². The fraction of sp³-hybridized carbons (Fsp3) is 0.725. The van der Waals surface area contributed by atoms with Crippen molar-refractivity contribution in [1.29, 1.82) is 0 Å². The summed E-state index contributed by atoms with van der Waals surface area (Å²) in [5, 5.41) is 13.2. The van der Waals surface area contributed by atoms with E-state index in [2.05, 4.69) is 35.1 Å². The number of nitrogens with zero attached hydrogens (tertiary/aromatic N) is 2. The van der Waals surface area contributed by atoms with Crippen molar-refractivity contribution in [2.75, 3.05) is 13.1 Å². The molecule has 1 unspecified atom stereocenters. The Bertz CT molecular complexity index is 1590. The third-order valence-corrected chi connectivity index (χ3v) is 12.3. The van der Waals surface area contributed by atoms with Crippen LogP contribution in [0.3, 0.4) is 0 Å². The molecule has 2 saturated heterocycles. The predicted molar refractivity (Wildman–Crippen MR) is 207 cm³/mol. The number of unbranched alkanes of at least 4 members (excludes halogenated alkanes) is 1. The molecule has 4 rings (SSSR count). The Morgan fingerprint density at radius 3 is 2.09 bits per heavy atom. The van der Waals surface area contributed by atoms with Crippen LogP contribution >= 0.6 is 11.3 Å². The van der Waals surface area contributed by atoms with Gasteiger partial charge in [0.2, 0.25) is 29.4 Å². The van der Waals surface area contributed by atoms with Crippen LogP contribution < -0.4 is 21.3 Å². The minimum Gasteiger partial charge on any atom is -0.345 e. The van der Waals surface area contributed by atoms with Crippen LogP contribution in [0.2, 0.25) is 0 Å². The van der Waals surface area contributed by atoms with Gasteiger partial charge in [-0.1, -0.05) is 95.1 Å². The first-order valence-corrected chi connectivity index (χ1v) is 20.1. The molecule has 7 amide bonds. The number of imide groups is 1. The lowest BCUT2D eigenvalue weighted by molar-refractivity contribution is -0.153. The molecule has 1 aromatic rings. The maximum Gasteiger partial charge on any atom is 0.315 e. The van der Waals surface area contributed by atoms with Gasteiger partial charge in [-0.05, 0) is 51.4 Å². The number of urea groups is 1. The highest BCUT2D eigenvalue weighted by Gasteiger charge is 2.70. The van der Waals surface area contributed by atoms with E-state index in [-0.39, 0.29) is 61.4 Å². The fourth-order valence-corrected chi connectivity index (χ4v) is 8.50. The van der Waals surface area contributed by atoms with E-state index in [9.17, 15) is 33.6 Å². The molecule has 300 valence electrons. The zero-order chi connectivity index (χ0) is 40.6. The molecule has 13 nitrogen and oxygen atoms in total. The molecule has 3 heterocycles. The van der Waals surface area contributed by atoms with Gasteiger partial charge in [0, 0.05) is 30.8 Å². The molecule has 3 aliphatic rings. The van der Waals surface area contributed by atoms with E-state index < -0.39 is 69.9 Å². The number of thiophene rings is 1. The number of carbonyl (C=O) groups is 7. The van der Waals surface area contributed by atoms with Crippen molar-refractivity contribution < 1.29 is 33.6 Å². The Kier molecular flexibility index (Phi) is 12.8. The molecule has 0 spiro atoms. The number of amides is 7. The largest absolute Gasteiger partial charge is 0.345 e. The molecular weight excluding hydrogens is 709 g/mol. The zero-order valence-electron chi connectivity index (χ0n) is 34.0. The third-order valence-electron chi connectivity index (χ3n) is 11.4. The molecule has 0 radical (unpaired) electrons. The number of piperidine rings is 2. The highest BCUT2D eigenvalue weighted by molar-refractivity contribution is 7.09. The van der Waals surface area contributed by atoms with Gasteiger partial charge >= 0.3 is 6.03 Å². The van der Waals surface area contributed by atoms with Gasteiger partial charge in [-0.25, -0.2) is 4.79 Å². The van der Waals surface area contributed by atoms with E-state index in [0.717, 1.165) is 11.3 Å². The fourth-order valence-electron chi connectivity index (χ4n) is 7.85. The summed E-state index contributed by atoms with van der Waals surface area (Å²) in [6.07, 6.45) is 2.09. The number of carbonyl (C=O) groups excluding carboxylic acids is 7. The number of fused-ring (bicyclic) bond motifs is 1. The number of nitrogens with one attached hydrogen (secondary N) is 4. The van der Waals surface area contributed by atoms with Crippen molar-refractivity contribution in [3.8, 4) is 0 Å². The molecule has 54 heavy (non-hydrogen) atoms. The molecule has 4 N–H and O–H groups in total. The average Bonchev–Trinajstić information content (AvgIpc) is 3.47. The summed E-state index contributed by atoms with van der Waals surface area (Å²) in [5.74, 6) is -3.12. The van der Waals surface area contributed by atoms with Gasteiger partial charge in [0.15, 0.2) is 0 Å². The Balaban J connectivity index is 1.51. The summed E-state index contributed by atoms with van der Waals surface area (Å²) < 4.78 is 0. The van der Waals surface area contributed by atoms with Crippen LogP contribution in [-0.2, 0) is 35.3 Å². The molecule has 3 fully saturated rings. The summed E-state index contributed by atoms with van der Waals surface area (Å²) in [5.41, 5.74) is -1.98. The predicted octanol–water partition coefficient (Wildman–Crippen LogP) is 4.40. The van der Waals surface area contributed by atoms with E-state index in [0.29, 0.717) is 13.0 Å². The minimum atomic E-state index is -1.06. The summed E-state index contributed by atoms with van der Waals surface area (Å²) >= 11 is 1.46. The quantitative estimate of drug-likeness (QED) is 0.160. The first-order chi connectivity index (χ1) is 24.9. The van der Waals surface area contributed by atoms with E-state index in [1.165, 1.54) is 21.1 Å². The minimum absolute atomic E-state index is 0.00438. The molecule has 0 aromatic carbocycles. The number of rotatable bonds is 14. The zero-order valence-corrected chi connectivity index (χ0v) is 34.8. The maximum atomic E-state index is 14.5. The Labute approximate surface area is 324 Å². The Morgan fingerprint density at radius 2 is 1.56 bits per heavy atom. The second-order valence-electron chi connectivity index (χ2n) is 19.0. The van der Waals surface area contributed by atoms with E-state index in [1.54, 1.807) is 0 Å². The molecule has 1 saturated carbocycles. The van der Waals surface area contributed by atoms with Crippen LogP contribution in [0.1, 0.15) is 113 Å². The van der Waals surface area contributed by atoms with Crippen molar-refractivity contribution in [3.05, 3.63) is 22.4 Å². The van der Waals surface area contributed by atoms with E-state index in [4.69, 9.17) is 0 Å². The van der Waals surface area contributed by atoms with Crippen molar-refractivity contribution in [2.24, 2.45) is 33.5 Å². The molecule has 1 aliphatic carbocycles. The smallest absolute Gasteiger partial charge is 0.315 e. The summed E-state index contributed by atoms with van der Waals surface area (Å²) in [7, 11) is 0. The van der Waals surface area contributed by atoms with E-state index in [1.807, 2.05) is 79.8 Å². The first-order valence-electron chi connectivity index (χ1n) is 19.2. The third kappa shape index (κ3) is 9.89. The number of hydrogen-bond acceptors (Lipinski definition) is 8. The number of hydrogen-bond donors (Lipinski definition) is 4. The standard InChI is InChI=1S/C40H62N6O7S/c1-12-13-16-25(31(49)34(51)41-20-23-15-14-17-54-23)42-33(50)30-29-24(40(29,10)11)21-46(30)35(52)32(38(5,6)7)44-36(53)43-26(37(2,3)4)22-45-27(47)18-39(8,9)19-28(45)48/h14-15,17,24-26,29-30,32H,12-13,16,18-22H2,1-11H3,(H,41,51)(H,42,50)(H2,43,44,53)/t24-,25?,26-,29-,30-,32+/m0/s1. The summed E-state index contributed by atoms with van der Waals surface area (Å²) in [4.78, 5) is 98.5. The van der Waals surface area contributed by atoms with Gasteiger partial charge in [0.25, 0.3) is 5.91 Å².